The zero-order valence-corrected chi connectivity index (χ0v) is 46.0. The maximum Gasteiger partial charge on any atom is 0.180 e. The molecule has 0 aromatic heterocycles. The van der Waals surface area contributed by atoms with Crippen LogP contribution in [0.15, 0.2) is 24.3 Å². The maximum absolute atomic E-state index is 6.37. The Morgan fingerprint density at radius 3 is 0.821 bits per heavy atom. The lowest BCUT2D eigenvalue weighted by Crippen LogP contribution is -2.25. The van der Waals surface area contributed by atoms with Gasteiger partial charge in [-0.3, -0.25) is 0 Å². The van der Waals surface area contributed by atoms with Gasteiger partial charge in [-0.15, -0.1) is 0 Å². The van der Waals surface area contributed by atoms with Gasteiger partial charge < -0.3 is 33.2 Å². The van der Waals surface area contributed by atoms with Gasteiger partial charge in [-0.05, 0) is 102 Å². The highest BCUT2D eigenvalue weighted by molar-refractivity contribution is 4.89. The summed E-state index contributed by atoms with van der Waals surface area (Å²) in [5.41, 5.74) is 0. The molecule has 0 aliphatic carbocycles. The largest absolute Gasteiger partial charge is 0.353 e. The third kappa shape index (κ3) is 51.4. The van der Waals surface area contributed by atoms with Gasteiger partial charge in [-0.2, -0.15) is 0 Å². The Labute approximate surface area is 419 Å². The Morgan fingerprint density at radius 2 is 0.522 bits per heavy atom. The van der Waals surface area contributed by atoms with Crippen molar-refractivity contribution >= 4 is 0 Å². The summed E-state index contributed by atoms with van der Waals surface area (Å²) in [6, 6.07) is 0. The van der Waals surface area contributed by atoms with Crippen LogP contribution in [-0.2, 0) is 33.2 Å². The van der Waals surface area contributed by atoms with Crippen LogP contribution in [0.1, 0.15) is 298 Å². The van der Waals surface area contributed by atoms with Gasteiger partial charge >= 0.3 is 0 Å². The predicted molar refractivity (Wildman–Crippen MR) is 289 cm³/mol. The molecule has 0 N–H and O–H groups in total. The maximum atomic E-state index is 6.37. The fourth-order valence-corrected chi connectivity index (χ4v) is 8.32. The molecule has 0 fully saturated rings. The van der Waals surface area contributed by atoms with Crippen LogP contribution in [-0.4, -0.2) is 64.8 Å². The van der Waals surface area contributed by atoms with Crippen LogP contribution in [0.4, 0.5) is 0 Å². The van der Waals surface area contributed by atoms with E-state index in [-0.39, 0.29) is 25.2 Å². The van der Waals surface area contributed by atoms with E-state index in [4.69, 9.17) is 33.2 Å². The zero-order chi connectivity index (χ0) is 48.6. The van der Waals surface area contributed by atoms with E-state index in [0.717, 1.165) is 90.6 Å². The van der Waals surface area contributed by atoms with Gasteiger partial charge in [0.15, 0.2) is 25.2 Å². The molecule has 0 saturated heterocycles. The molecule has 2 atom stereocenters. The third-order valence-corrected chi connectivity index (χ3v) is 12.7. The van der Waals surface area contributed by atoms with Crippen LogP contribution in [0.25, 0.3) is 0 Å². The second kappa shape index (κ2) is 57.8. The fourth-order valence-electron chi connectivity index (χ4n) is 8.32. The molecule has 0 spiro atoms. The first-order valence-electron chi connectivity index (χ1n) is 29.8. The molecule has 0 bridgehead atoms. The van der Waals surface area contributed by atoms with Crippen molar-refractivity contribution in [1.82, 2.24) is 0 Å². The molecule has 0 amide bonds. The highest BCUT2D eigenvalue weighted by atomic mass is 16.8. The van der Waals surface area contributed by atoms with Gasteiger partial charge in [0.25, 0.3) is 0 Å². The summed E-state index contributed by atoms with van der Waals surface area (Å²) in [5.74, 6) is 0. The standard InChI is InChI=1S/C60H118O7/c1-7-13-17-35-43-53-63-57(64-54-44-36-18-14-8-2)47-39-31-27-23-21-25-29-33-41-49-59(61-51-11-5)67-60(62-52-12-6)50-42-34-30-26-22-24-28-32-40-48-58(65-55-45-37-19-15-9-3)66-56-46-38-20-16-10-4/h41-42,49-50,57-60H,7-40,43-48,51-56H2,1-6H3. The molecule has 7 heteroatoms. The van der Waals surface area contributed by atoms with E-state index in [2.05, 4.69) is 65.8 Å². The lowest BCUT2D eigenvalue weighted by Gasteiger charge is -2.21. The van der Waals surface area contributed by atoms with Crippen LogP contribution in [0.3, 0.4) is 0 Å². The van der Waals surface area contributed by atoms with Gasteiger partial charge in [-0.1, -0.05) is 221 Å². The first-order chi connectivity index (χ1) is 33.1. The van der Waals surface area contributed by atoms with E-state index >= 15 is 0 Å². The zero-order valence-electron chi connectivity index (χ0n) is 46.0. The highest BCUT2D eigenvalue weighted by Gasteiger charge is 2.14. The Kier molecular flexibility index (Phi) is 57.1. The monoisotopic (exact) mass is 951 g/mol. The van der Waals surface area contributed by atoms with Gasteiger partial charge in [0.1, 0.15) is 0 Å². The highest BCUT2D eigenvalue weighted by Crippen LogP contribution is 2.18. The minimum atomic E-state index is -0.384. The van der Waals surface area contributed by atoms with Gasteiger partial charge in [-0.25, -0.2) is 0 Å². The number of unbranched alkanes of at least 4 members (excludes halogenated alkanes) is 30. The summed E-state index contributed by atoms with van der Waals surface area (Å²) < 4.78 is 43.5. The first-order valence-corrected chi connectivity index (χ1v) is 29.8. The molecular weight excluding hydrogens is 833 g/mol. The quantitative estimate of drug-likeness (QED) is 0.0342. The summed E-state index contributed by atoms with van der Waals surface area (Å²) in [6.07, 6.45) is 57.2. The van der Waals surface area contributed by atoms with Crippen molar-refractivity contribution in [1.29, 1.82) is 0 Å². The first kappa shape index (κ1) is 66.2. The summed E-state index contributed by atoms with van der Waals surface area (Å²) in [7, 11) is 0. The molecule has 2 unspecified atom stereocenters. The van der Waals surface area contributed by atoms with E-state index in [1.807, 2.05) is 0 Å². The van der Waals surface area contributed by atoms with Crippen molar-refractivity contribution in [2.75, 3.05) is 39.6 Å². The van der Waals surface area contributed by atoms with Crippen molar-refractivity contribution in [2.45, 2.75) is 324 Å². The topological polar surface area (TPSA) is 64.6 Å². The second-order valence-electron chi connectivity index (χ2n) is 19.6. The minimum Gasteiger partial charge on any atom is -0.353 e. The van der Waals surface area contributed by atoms with Crippen molar-refractivity contribution in [2.24, 2.45) is 0 Å². The van der Waals surface area contributed by atoms with E-state index in [9.17, 15) is 0 Å². The van der Waals surface area contributed by atoms with E-state index in [1.165, 1.54) is 193 Å². The van der Waals surface area contributed by atoms with E-state index in [0.29, 0.717) is 13.2 Å². The minimum absolute atomic E-state index is 0.0147. The molecule has 67 heavy (non-hydrogen) atoms. The molecule has 400 valence electrons. The van der Waals surface area contributed by atoms with Crippen LogP contribution >= 0.6 is 0 Å². The molecule has 0 saturated carbocycles. The smallest absolute Gasteiger partial charge is 0.180 e. The van der Waals surface area contributed by atoms with Crippen LogP contribution < -0.4 is 0 Å². The summed E-state index contributed by atoms with van der Waals surface area (Å²) in [4.78, 5) is 0. The Hall–Kier alpha value is -0.800. The summed E-state index contributed by atoms with van der Waals surface area (Å²) in [6.45, 7) is 18.1. The van der Waals surface area contributed by atoms with Gasteiger partial charge in [0, 0.05) is 39.6 Å². The molecule has 0 aromatic carbocycles. The lowest BCUT2D eigenvalue weighted by molar-refractivity contribution is -0.207. The van der Waals surface area contributed by atoms with Gasteiger partial charge in [0.05, 0.1) is 0 Å². The molecular formula is C60H118O7. The average Bonchev–Trinajstić information content (AvgIpc) is 3.34. The number of hydrogen-bond donors (Lipinski definition) is 0. The fraction of sp³-hybridized carbons (Fsp3) is 0.933. The molecule has 7 nitrogen and oxygen atoms in total. The van der Waals surface area contributed by atoms with Gasteiger partial charge in [0.2, 0.25) is 0 Å². The molecule has 0 aromatic rings. The predicted octanol–water partition coefficient (Wildman–Crippen LogP) is 19.2. The summed E-state index contributed by atoms with van der Waals surface area (Å²) >= 11 is 0. The number of hydrogen-bond acceptors (Lipinski definition) is 7. The lowest BCUT2D eigenvalue weighted by atomic mass is 10.1. The van der Waals surface area contributed by atoms with Crippen molar-refractivity contribution < 1.29 is 33.2 Å². The van der Waals surface area contributed by atoms with E-state index in [1.54, 1.807) is 0 Å². The van der Waals surface area contributed by atoms with Crippen LogP contribution in [0.2, 0.25) is 0 Å². The Bertz CT molecular complexity index is 853. The number of rotatable bonds is 58. The summed E-state index contributed by atoms with van der Waals surface area (Å²) in [5, 5.41) is 0. The van der Waals surface area contributed by atoms with E-state index < -0.39 is 0 Å². The molecule has 0 radical (unpaired) electrons. The second-order valence-corrected chi connectivity index (χ2v) is 19.6. The van der Waals surface area contributed by atoms with Crippen LogP contribution in [0, 0.1) is 0 Å². The Morgan fingerprint density at radius 1 is 0.254 bits per heavy atom. The normalized spacial score (nSPS) is 13.1. The number of allylic oxidation sites excluding steroid dienone is 2. The SMILES string of the molecule is CCCCCCCOC(CCCCCCCCCC=CC(OCCC)OC(C=CCCCCCCCCCC(OCCCCCCC)OCCCCCCC)OCCC)OCCCCCCC. The molecule has 0 heterocycles. The Balaban J connectivity index is 4.43. The van der Waals surface area contributed by atoms with Crippen LogP contribution in [0.5, 0.6) is 0 Å². The van der Waals surface area contributed by atoms with Crippen molar-refractivity contribution in [3.63, 3.8) is 0 Å². The van der Waals surface area contributed by atoms with Crippen molar-refractivity contribution in [3.8, 4) is 0 Å². The third-order valence-electron chi connectivity index (χ3n) is 12.7. The average molecular weight is 952 g/mol. The number of ether oxygens (including phenoxy) is 7. The molecule has 0 aliphatic rings. The molecule has 0 aliphatic heterocycles. The molecule has 0 rings (SSSR count). The van der Waals surface area contributed by atoms with Crippen molar-refractivity contribution in [3.05, 3.63) is 24.3 Å².